The van der Waals surface area contributed by atoms with Crippen LogP contribution in [0.2, 0.25) is 5.02 Å². The number of hydrogen-bond acceptors (Lipinski definition) is 5. The number of halogens is 1. The summed E-state index contributed by atoms with van der Waals surface area (Å²) in [4.78, 5) is 16.4. The fraction of sp³-hybridized carbons (Fsp3) is 0.400. The van der Waals surface area contributed by atoms with E-state index in [9.17, 15) is 4.79 Å². The SMILES string of the molecule is Cn1cnnc1SCC(=O)N1CCN(c2ccccc2Cl)CC1. The van der Waals surface area contributed by atoms with Crippen LogP contribution in [0.25, 0.3) is 0 Å². The Morgan fingerprint density at radius 1 is 1.26 bits per heavy atom. The molecule has 0 unspecified atom stereocenters. The summed E-state index contributed by atoms with van der Waals surface area (Å²) >= 11 is 7.66. The average Bonchev–Trinajstić information content (AvgIpc) is 2.98. The number of carbonyl (C=O) groups is 1. The van der Waals surface area contributed by atoms with Crippen LogP contribution >= 0.6 is 23.4 Å². The number of piperazine rings is 1. The Labute approximate surface area is 144 Å². The zero-order valence-corrected chi connectivity index (χ0v) is 14.4. The largest absolute Gasteiger partial charge is 0.367 e. The van der Waals surface area contributed by atoms with Crippen molar-refractivity contribution in [2.24, 2.45) is 7.05 Å². The number of aryl methyl sites for hydroxylation is 1. The van der Waals surface area contributed by atoms with Crippen molar-refractivity contribution in [2.45, 2.75) is 5.16 Å². The van der Waals surface area contributed by atoms with Gasteiger partial charge in [-0.25, -0.2) is 0 Å². The molecule has 3 rings (SSSR count). The molecular weight excluding hydrogens is 334 g/mol. The number of para-hydroxylation sites is 1. The number of amides is 1. The summed E-state index contributed by atoms with van der Waals surface area (Å²) in [5.74, 6) is 0.523. The number of aromatic nitrogens is 3. The van der Waals surface area contributed by atoms with Crippen LogP contribution in [-0.2, 0) is 11.8 Å². The number of rotatable bonds is 4. The van der Waals surface area contributed by atoms with E-state index in [2.05, 4.69) is 15.1 Å². The Kier molecular flexibility index (Phi) is 5.07. The molecule has 6 nitrogen and oxygen atoms in total. The molecule has 0 saturated carbocycles. The summed E-state index contributed by atoms with van der Waals surface area (Å²) < 4.78 is 1.81. The van der Waals surface area contributed by atoms with Crippen LogP contribution in [0.4, 0.5) is 5.69 Å². The highest BCUT2D eigenvalue weighted by Crippen LogP contribution is 2.26. The van der Waals surface area contributed by atoms with Crippen molar-refractivity contribution in [3.05, 3.63) is 35.6 Å². The maximum Gasteiger partial charge on any atom is 0.233 e. The molecule has 1 aliphatic heterocycles. The normalized spacial score (nSPS) is 15.0. The van der Waals surface area contributed by atoms with E-state index in [1.165, 1.54) is 11.8 Å². The van der Waals surface area contributed by atoms with Gasteiger partial charge in [0.1, 0.15) is 6.33 Å². The topological polar surface area (TPSA) is 54.3 Å². The predicted octanol–water partition coefficient (Wildman–Crippen LogP) is 1.91. The van der Waals surface area contributed by atoms with Gasteiger partial charge in [-0.2, -0.15) is 0 Å². The number of anilines is 1. The second kappa shape index (κ2) is 7.23. The Morgan fingerprint density at radius 2 is 2.00 bits per heavy atom. The molecule has 1 aromatic carbocycles. The molecule has 1 aromatic heterocycles. The number of nitrogens with zero attached hydrogens (tertiary/aromatic N) is 5. The average molecular weight is 352 g/mol. The number of benzene rings is 1. The molecule has 0 N–H and O–H groups in total. The lowest BCUT2D eigenvalue weighted by molar-refractivity contribution is -0.128. The Morgan fingerprint density at radius 3 is 2.65 bits per heavy atom. The van der Waals surface area contributed by atoms with Crippen molar-refractivity contribution in [1.29, 1.82) is 0 Å². The molecule has 0 aliphatic carbocycles. The van der Waals surface area contributed by atoms with E-state index < -0.39 is 0 Å². The quantitative estimate of drug-likeness (QED) is 0.788. The van der Waals surface area contributed by atoms with E-state index in [1.54, 1.807) is 6.33 Å². The first-order chi connectivity index (χ1) is 11.1. The van der Waals surface area contributed by atoms with Crippen molar-refractivity contribution in [3.8, 4) is 0 Å². The van der Waals surface area contributed by atoms with E-state index in [4.69, 9.17) is 11.6 Å². The highest BCUT2D eigenvalue weighted by molar-refractivity contribution is 7.99. The van der Waals surface area contributed by atoms with Gasteiger partial charge in [-0.05, 0) is 12.1 Å². The van der Waals surface area contributed by atoms with Crippen LogP contribution in [0.15, 0.2) is 35.7 Å². The van der Waals surface area contributed by atoms with E-state index in [0.29, 0.717) is 18.8 Å². The van der Waals surface area contributed by atoms with Gasteiger partial charge in [0.2, 0.25) is 5.91 Å². The molecule has 8 heteroatoms. The second-order valence-electron chi connectivity index (χ2n) is 5.33. The predicted molar refractivity (Wildman–Crippen MR) is 92.0 cm³/mol. The molecule has 23 heavy (non-hydrogen) atoms. The summed E-state index contributed by atoms with van der Waals surface area (Å²) in [6.07, 6.45) is 1.63. The molecule has 0 atom stereocenters. The Balaban J connectivity index is 1.51. The lowest BCUT2D eigenvalue weighted by Crippen LogP contribution is -2.49. The first kappa shape index (κ1) is 16.1. The van der Waals surface area contributed by atoms with Crippen LogP contribution in [0.5, 0.6) is 0 Å². The van der Waals surface area contributed by atoms with Crippen molar-refractivity contribution >= 4 is 35.0 Å². The monoisotopic (exact) mass is 351 g/mol. The Bertz CT molecular complexity index is 684. The van der Waals surface area contributed by atoms with E-state index in [0.717, 1.165) is 29.0 Å². The lowest BCUT2D eigenvalue weighted by Gasteiger charge is -2.36. The van der Waals surface area contributed by atoms with Gasteiger partial charge < -0.3 is 14.4 Å². The fourth-order valence-electron chi connectivity index (χ4n) is 2.53. The number of hydrogen-bond donors (Lipinski definition) is 0. The molecule has 0 radical (unpaired) electrons. The van der Waals surface area contributed by atoms with Crippen LogP contribution in [0.1, 0.15) is 0 Å². The molecule has 2 aromatic rings. The smallest absolute Gasteiger partial charge is 0.233 e. The molecule has 0 bridgehead atoms. The van der Waals surface area contributed by atoms with Crippen molar-refractivity contribution in [1.82, 2.24) is 19.7 Å². The molecule has 1 aliphatic rings. The molecule has 1 amide bonds. The van der Waals surface area contributed by atoms with Gasteiger partial charge in [-0.1, -0.05) is 35.5 Å². The third-order valence-corrected chi connectivity index (χ3v) is 5.16. The van der Waals surface area contributed by atoms with Crippen LogP contribution < -0.4 is 4.90 Å². The minimum atomic E-state index is 0.136. The van der Waals surface area contributed by atoms with E-state index >= 15 is 0 Å². The molecular formula is C15H18ClN5OS. The maximum atomic E-state index is 12.3. The Hall–Kier alpha value is -1.73. The zero-order chi connectivity index (χ0) is 16.2. The lowest BCUT2D eigenvalue weighted by atomic mass is 10.2. The van der Waals surface area contributed by atoms with E-state index in [-0.39, 0.29) is 5.91 Å². The summed E-state index contributed by atoms with van der Waals surface area (Å²) in [5.41, 5.74) is 1.04. The van der Waals surface area contributed by atoms with Gasteiger partial charge in [0, 0.05) is 33.2 Å². The van der Waals surface area contributed by atoms with Gasteiger partial charge in [0.25, 0.3) is 0 Å². The fourth-order valence-corrected chi connectivity index (χ4v) is 3.57. The summed E-state index contributed by atoms with van der Waals surface area (Å²) in [7, 11) is 1.87. The van der Waals surface area contributed by atoms with Crippen LogP contribution in [0, 0.1) is 0 Å². The standard InChI is InChI=1S/C15H18ClN5OS/c1-19-11-17-18-15(19)23-10-14(22)21-8-6-20(7-9-21)13-5-3-2-4-12(13)16/h2-5,11H,6-10H2,1H3. The molecule has 1 fully saturated rings. The second-order valence-corrected chi connectivity index (χ2v) is 6.68. The van der Waals surface area contributed by atoms with Gasteiger partial charge in [0.15, 0.2) is 5.16 Å². The van der Waals surface area contributed by atoms with Crippen LogP contribution in [-0.4, -0.2) is 57.5 Å². The first-order valence-electron chi connectivity index (χ1n) is 7.39. The van der Waals surface area contributed by atoms with Crippen molar-refractivity contribution in [3.63, 3.8) is 0 Å². The highest BCUT2D eigenvalue weighted by Gasteiger charge is 2.22. The number of thioether (sulfide) groups is 1. The first-order valence-corrected chi connectivity index (χ1v) is 8.75. The summed E-state index contributed by atoms with van der Waals surface area (Å²) in [6.45, 7) is 3.01. The molecule has 1 saturated heterocycles. The summed E-state index contributed by atoms with van der Waals surface area (Å²) in [6, 6.07) is 7.82. The minimum absolute atomic E-state index is 0.136. The minimum Gasteiger partial charge on any atom is -0.367 e. The van der Waals surface area contributed by atoms with Gasteiger partial charge in [-0.3, -0.25) is 4.79 Å². The van der Waals surface area contributed by atoms with Gasteiger partial charge in [0.05, 0.1) is 16.5 Å². The summed E-state index contributed by atoms with van der Waals surface area (Å²) in [5, 5.41) is 9.30. The third kappa shape index (κ3) is 3.79. The maximum absolute atomic E-state index is 12.3. The zero-order valence-electron chi connectivity index (χ0n) is 12.9. The van der Waals surface area contributed by atoms with Gasteiger partial charge in [-0.15, -0.1) is 10.2 Å². The van der Waals surface area contributed by atoms with Crippen molar-refractivity contribution in [2.75, 3.05) is 36.8 Å². The highest BCUT2D eigenvalue weighted by atomic mass is 35.5. The molecule has 122 valence electrons. The van der Waals surface area contributed by atoms with E-state index in [1.807, 2.05) is 40.8 Å². The number of carbonyl (C=O) groups excluding carboxylic acids is 1. The third-order valence-electron chi connectivity index (χ3n) is 3.82. The molecule has 0 spiro atoms. The molecule has 2 heterocycles. The van der Waals surface area contributed by atoms with Crippen LogP contribution in [0.3, 0.4) is 0 Å². The van der Waals surface area contributed by atoms with Gasteiger partial charge >= 0.3 is 0 Å². The van der Waals surface area contributed by atoms with Crippen molar-refractivity contribution < 1.29 is 4.79 Å².